The highest BCUT2D eigenvalue weighted by Crippen LogP contribution is 2.13. The molecule has 0 saturated carbocycles. The molecule has 2 rings (SSSR count). The minimum Gasteiger partial charge on any atom is -0.357 e. The maximum Gasteiger partial charge on any atom is 0.171 e. The normalized spacial score (nSPS) is 10.3. The van der Waals surface area contributed by atoms with Crippen molar-refractivity contribution in [3.05, 3.63) is 46.7 Å². The van der Waals surface area contributed by atoms with E-state index >= 15 is 0 Å². The molecule has 0 fully saturated rings. The number of nitrogens with one attached hydrogen (secondary N) is 2. The molecule has 2 N–H and O–H groups in total. The van der Waals surface area contributed by atoms with Crippen molar-refractivity contribution < 1.29 is 0 Å². The summed E-state index contributed by atoms with van der Waals surface area (Å²) in [4.78, 5) is 0. The van der Waals surface area contributed by atoms with Crippen molar-refractivity contribution in [2.24, 2.45) is 0 Å². The predicted octanol–water partition coefficient (Wildman–Crippen LogP) is 3.35. The van der Waals surface area contributed by atoms with Gasteiger partial charge in [-0.25, -0.2) is 0 Å². The third-order valence-corrected chi connectivity index (χ3v) is 3.40. The fraction of sp³-hybridized carbons (Fsp3) is 0.286. The van der Waals surface area contributed by atoms with Crippen molar-refractivity contribution in [1.29, 1.82) is 0 Å². The minimum atomic E-state index is 0.504. The van der Waals surface area contributed by atoms with Crippen LogP contribution in [0.1, 0.15) is 18.2 Å². The van der Waals surface area contributed by atoms with E-state index in [2.05, 4.69) is 15.7 Å². The van der Waals surface area contributed by atoms with Crippen LogP contribution in [0.5, 0.6) is 0 Å². The van der Waals surface area contributed by atoms with Crippen LogP contribution in [0.3, 0.4) is 0 Å². The number of anilines is 1. The zero-order chi connectivity index (χ0) is 14.5. The van der Waals surface area contributed by atoms with E-state index in [1.807, 2.05) is 44.3 Å². The molecule has 0 atom stereocenters. The smallest absolute Gasteiger partial charge is 0.171 e. The average molecular weight is 309 g/mol. The van der Waals surface area contributed by atoms with Crippen LogP contribution in [0.2, 0.25) is 5.02 Å². The van der Waals surface area contributed by atoms with Crippen molar-refractivity contribution in [2.45, 2.75) is 26.9 Å². The van der Waals surface area contributed by atoms with Gasteiger partial charge in [0.25, 0.3) is 0 Å². The molecule has 0 unspecified atom stereocenters. The first-order chi connectivity index (χ1) is 9.58. The highest BCUT2D eigenvalue weighted by Gasteiger charge is 2.06. The lowest BCUT2D eigenvalue weighted by atomic mass is 10.2. The molecular weight excluding hydrogens is 292 g/mol. The third-order valence-electron chi connectivity index (χ3n) is 2.84. The van der Waals surface area contributed by atoms with E-state index < -0.39 is 0 Å². The molecule has 106 valence electrons. The number of aromatic nitrogens is 2. The average Bonchev–Trinajstić information content (AvgIpc) is 2.80. The molecule has 6 heteroatoms. The van der Waals surface area contributed by atoms with Crippen LogP contribution < -0.4 is 10.6 Å². The number of hydrogen-bond acceptors (Lipinski definition) is 2. The molecule has 1 aromatic carbocycles. The van der Waals surface area contributed by atoms with Gasteiger partial charge in [-0.2, -0.15) is 5.10 Å². The first-order valence-corrected chi connectivity index (χ1v) is 7.20. The largest absolute Gasteiger partial charge is 0.357 e. The van der Waals surface area contributed by atoms with Gasteiger partial charge in [-0.1, -0.05) is 29.3 Å². The molecule has 0 spiro atoms. The zero-order valence-electron chi connectivity index (χ0n) is 11.5. The summed E-state index contributed by atoms with van der Waals surface area (Å²) >= 11 is 11.3. The fourth-order valence-electron chi connectivity index (χ4n) is 1.70. The van der Waals surface area contributed by atoms with Crippen LogP contribution in [0.25, 0.3) is 0 Å². The number of hydrogen-bond donors (Lipinski definition) is 2. The molecule has 1 heterocycles. The van der Waals surface area contributed by atoms with Crippen LogP contribution >= 0.6 is 23.8 Å². The summed E-state index contributed by atoms with van der Waals surface area (Å²) in [6, 6.07) is 8.04. The van der Waals surface area contributed by atoms with Crippen molar-refractivity contribution in [3.63, 3.8) is 0 Å². The summed E-state index contributed by atoms with van der Waals surface area (Å²) in [6.45, 7) is 5.37. The van der Waals surface area contributed by atoms with Crippen LogP contribution in [0, 0.1) is 6.92 Å². The monoisotopic (exact) mass is 308 g/mol. The molecule has 0 aliphatic heterocycles. The lowest BCUT2D eigenvalue weighted by Gasteiger charge is -2.09. The maximum atomic E-state index is 6.10. The number of thiocarbonyl (C=S) groups is 1. The topological polar surface area (TPSA) is 41.9 Å². The number of halogens is 1. The molecule has 0 amide bonds. The molecule has 2 aromatic rings. The molecular formula is C14H17ClN4S. The Bertz CT molecular complexity index is 592. The van der Waals surface area contributed by atoms with Crippen molar-refractivity contribution in [1.82, 2.24) is 15.1 Å². The fourth-order valence-corrected chi connectivity index (χ4v) is 2.10. The van der Waals surface area contributed by atoms with E-state index in [1.165, 1.54) is 5.56 Å². The van der Waals surface area contributed by atoms with Gasteiger partial charge in [0.2, 0.25) is 0 Å². The second-order valence-electron chi connectivity index (χ2n) is 4.45. The second kappa shape index (κ2) is 6.72. The van der Waals surface area contributed by atoms with Crippen LogP contribution in [0.4, 0.5) is 5.69 Å². The van der Waals surface area contributed by atoms with Gasteiger partial charge in [0.05, 0.1) is 11.6 Å². The summed E-state index contributed by atoms with van der Waals surface area (Å²) in [5.41, 5.74) is 2.96. The van der Waals surface area contributed by atoms with Crippen molar-refractivity contribution in [3.8, 4) is 0 Å². The van der Waals surface area contributed by atoms with Gasteiger partial charge >= 0.3 is 0 Å². The van der Waals surface area contributed by atoms with E-state index in [9.17, 15) is 0 Å². The maximum absolute atomic E-state index is 6.10. The van der Waals surface area contributed by atoms with Gasteiger partial charge in [0, 0.05) is 18.4 Å². The van der Waals surface area contributed by atoms with Gasteiger partial charge in [0.1, 0.15) is 5.69 Å². The van der Waals surface area contributed by atoms with Crippen LogP contribution in [-0.4, -0.2) is 14.9 Å². The predicted molar refractivity (Wildman–Crippen MR) is 87.2 cm³/mol. The SMILES string of the molecule is CCn1cc(Cl)c(CNC(=S)Nc2ccc(C)cc2)n1. The molecule has 0 radical (unpaired) electrons. The quantitative estimate of drug-likeness (QED) is 0.850. The lowest BCUT2D eigenvalue weighted by Crippen LogP contribution is -2.28. The summed E-state index contributed by atoms with van der Waals surface area (Å²) in [7, 11) is 0. The van der Waals surface area contributed by atoms with E-state index in [0.717, 1.165) is 17.9 Å². The molecule has 20 heavy (non-hydrogen) atoms. The molecule has 0 aliphatic rings. The summed E-state index contributed by atoms with van der Waals surface area (Å²) in [5, 5.41) is 11.8. The molecule has 0 bridgehead atoms. The summed E-state index contributed by atoms with van der Waals surface area (Å²) < 4.78 is 1.80. The lowest BCUT2D eigenvalue weighted by molar-refractivity contribution is 0.643. The Morgan fingerprint density at radius 1 is 1.35 bits per heavy atom. The Labute approximate surface area is 129 Å². The molecule has 0 saturated heterocycles. The van der Waals surface area contributed by atoms with Gasteiger partial charge in [-0.05, 0) is 38.2 Å². The highest BCUT2D eigenvalue weighted by atomic mass is 35.5. The van der Waals surface area contributed by atoms with Gasteiger partial charge < -0.3 is 10.6 Å². The zero-order valence-corrected chi connectivity index (χ0v) is 13.1. The Kier molecular flexibility index (Phi) is 4.98. The Balaban J connectivity index is 1.88. The van der Waals surface area contributed by atoms with Gasteiger partial charge in [-0.3, -0.25) is 4.68 Å². The first kappa shape index (κ1) is 14.8. The van der Waals surface area contributed by atoms with Crippen molar-refractivity contribution in [2.75, 3.05) is 5.32 Å². The van der Waals surface area contributed by atoms with E-state index in [1.54, 1.807) is 4.68 Å². The van der Waals surface area contributed by atoms with Crippen LogP contribution in [-0.2, 0) is 13.1 Å². The first-order valence-electron chi connectivity index (χ1n) is 6.42. The Morgan fingerprint density at radius 3 is 2.65 bits per heavy atom. The minimum absolute atomic E-state index is 0.504. The summed E-state index contributed by atoms with van der Waals surface area (Å²) in [6.07, 6.45) is 1.81. The highest BCUT2D eigenvalue weighted by molar-refractivity contribution is 7.80. The van der Waals surface area contributed by atoms with E-state index in [4.69, 9.17) is 23.8 Å². The van der Waals surface area contributed by atoms with Crippen molar-refractivity contribution >= 4 is 34.6 Å². The number of rotatable bonds is 4. The standard InChI is InChI=1S/C14H17ClN4S/c1-3-19-9-12(15)13(18-19)8-16-14(20)17-11-6-4-10(2)5-7-11/h4-7,9H,3,8H2,1-2H3,(H2,16,17,20). The Morgan fingerprint density at radius 2 is 2.05 bits per heavy atom. The third kappa shape index (κ3) is 3.95. The van der Waals surface area contributed by atoms with Gasteiger partial charge in [-0.15, -0.1) is 0 Å². The molecule has 0 aliphatic carbocycles. The number of benzene rings is 1. The van der Waals surface area contributed by atoms with E-state index in [0.29, 0.717) is 16.7 Å². The van der Waals surface area contributed by atoms with Crippen LogP contribution in [0.15, 0.2) is 30.5 Å². The number of nitrogens with zero attached hydrogens (tertiary/aromatic N) is 2. The Hall–Kier alpha value is -1.59. The summed E-state index contributed by atoms with van der Waals surface area (Å²) in [5.74, 6) is 0. The molecule has 1 aromatic heterocycles. The molecule has 4 nitrogen and oxygen atoms in total. The second-order valence-corrected chi connectivity index (χ2v) is 5.27. The number of aryl methyl sites for hydroxylation is 2. The van der Waals surface area contributed by atoms with E-state index in [-0.39, 0.29) is 0 Å². The van der Waals surface area contributed by atoms with Gasteiger partial charge in [0.15, 0.2) is 5.11 Å².